The number of fused-ring (bicyclic) bond motifs is 1. The molecule has 1 aliphatic carbocycles. The summed E-state index contributed by atoms with van der Waals surface area (Å²) in [5.41, 5.74) is 4.44. The van der Waals surface area contributed by atoms with Crippen molar-refractivity contribution in [3.63, 3.8) is 0 Å². The molecule has 0 saturated carbocycles. The van der Waals surface area contributed by atoms with Gasteiger partial charge in [0, 0.05) is 15.7 Å². The monoisotopic (exact) mass is 454 g/mol. The van der Waals surface area contributed by atoms with E-state index in [1.807, 2.05) is 59.2 Å². The summed E-state index contributed by atoms with van der Waals surface area (Å²) in [5.74, 6) is 0.391. The Balaban J connectivity index is 1.74. The van der Waals surface area contributed by atoms with Crippen LogP contribution < -0.4 is 14.9 Å². The van der Waals surface area contributed by atoms with E-state index in [0.717, 1.165) is 40.9 Å². The third-order valence-electron chi connectivity index (χ3n) is 5.89. The summed E-state index contributed by atoms with van der Waals surface area (Å²) in [6.45, 7) is 2.25. The van der Waals surface area contributed by atoms with E-state index in [2.05, 4.69) is 6.92 Å². The Labute approximate surface area is 188 Å². The second-order valence-corrected chi connectivity index (χ2v) is 9.76. The van der Waals surface area contributed by atoms with Gasteiger partial charge in [0.2, 0.25) is 0 Å². The Bertz CT molecular complexity index is 1320. The smallest absolute Gasteiger partial charge is 0.271 e. The molecule has 3 aromatic rings. The highest BCUT2D eigenvalue weighted by Crippen LogP contribution is 2.41. The number of rotatable bonds is 2. The molecule has 2 aromatic carbocycles. The Morgan fingerprint density at radius 1 is 1.07 bits per heavy atom. The maximum absolute atomic E-state index is 13.5. The van der Waals surface area contributed by atoms with Crippen LogP contribution in [0.1, 0.15) is 43.4 Å². The molecule has 0 radical (unpaired) electrons. The van der Waals surface area contributed by atoms with E-state index < -0.39 is 0 Å². The van der Waals surface area contributed by atoms with Crippen LogP contribution in [-0.2, 0) is 0 Å². The highest BCUT2D eigenvalue weighted by atomic mass is 35.5. The first kappa shape index (κ1) is 19.8. The average molecular weight is 455 g/mol. The van der Waals surface area contributed by atoms with E-state index in [1.165, 1.54) is 16.9 Å². The van der Waals surface area contributed by atoms with Crippen LogP contribution in [0.25, 0.3) is 6.08 Å². The van der Waals surface area contributed by atoms with E-state index in [4.69, 9.17) is 28.2 Å². The molecule has 0 amide bonds. The molecule has 152 valence electrons. The molecule has 2 unspecified atom stereocenters. The number of allylic oxidation sites excluding steroid dienone is 2. The number of hydrogen-bond acceptors (Lipinski definition) is 3. The van der Waals surface area contributed by atoms with Gasteiger partial charge in [-0.3, -0.25) is 9.36 Å². The number of thiazole rings is 1. The van der Waals surface area contributed by atoms with E-state index in [-0.39, 0.29) is 11.6 Å². The van der Waals surface area contributed by atoms with Gasteiger partial charge in [-0.1, -0.05) is 65.7 Å². The van der Waals surface area contributed by atoms with Crippen LogP contribution in [0.2, 0.25) is 10.0 Å². The minimum Gasteiger partial charge on any atom is -0.272 e. The lowest BCUT2D eigenvalue weighted by atomic mass is 9.80. The van der Waals surface area contributed by atoms with E-state index >= 15 is 0 Å². The van der Waals surface area contributed by atoms with Gasteiger partial charge in [-0.15, -0.1) is 0 Å². The standard InChI is InChI=1S/C24H20Cl2N2OS/c1-14-3-2-4-19-21(14)22(16-7-11-18(26)12-8-16)28-23(29)20(30-24(28)27-19)13-15-5-9-17(25)10-6-15/h5-14,22H,2-4H2,1H3/b20-13+. The normalized spacial score (nSPS) is 21.2. The zero-order chi connectivity index (χ0) is 20.8. The first-order valence-electron chi connectivity index (χ1n) is 10.1. The van der Waals surface area contributed by atoms with Gasteiger partial charge in [0.25, 0.3) is 5.56 Å². The van der Waals surface area contributed by atoms with Crippen molar-refractivity contribution in [1.82, 2.24) is 4.57 Å². The molecule has 6 heteroatoms. The fourth-order valence-electron chi connectivity index (χ4n) is 4.44. The lowest BCUT2D eigenvalue weighted by molar-refractivity contribution is 0.447. The van der Waals surface area contributed by atoms with Gasteiger partial charge in [0.05, 0.1) is 10.6 Å². The van der Waals surface area contributed by atoms with E-state index in [0.29, 0.717) is 20.5 Å². The Morgan fingerprint density at radius 3 is 2.43 bits per heavy atom. The molecule has 0 saturated heterocycles. The number of hydrogen-bond donors (Lipinski definition) is 0. The molecule has 2 atom stereocenters. The minimum atomic E-state index is -0.129. The van der Waals surface area contributed by atoms with Crippen molar-refractivity contribution >= 4 is 40.6 Å². The SMILES string of the molecule is CC1CCCC2=C1C(c1ccc(Cl)cc1)n1c(s/c(=C/c3ccc(Cl)cc3)c1=O)=N2. The molecular weight excluding hydrogens is 435 g/mol. The Hall–Kier alpha value is -2.14. The zero-order valence-corrected chi connectivity index (χ0v) is 18.8. The highest BCUT2D eigenvalue weighted by molar-refractivity contribution is 7.07. The van der Waals surface area contributed by atoms with Crippen LogP contribution in [0.3, 0.4) is 0 Å². The molecule has 2 heterocycles. The lowest BCUT2D eigenvalue weighted by Crippen LogP contribution is -2.40. The van der Waals surface area contributed by atoms with E-state index in [9.17, 15) is 4.79 Å². The number of benzene rings is 2. The molecule has 5 rings (SSSR count). The van der Waals surface area contributed by atoms with Gasteiger partial charge in [-0.2, -0.15) is 0 Å². The van der Waals surface area contributed by atoms with Crippen molar-refractivity contribution in [3.8, 4) is 0 Å². The summed E-state index contributed by atoms with van der Waals surface area (Å²) < 4.78 is 2.55. The van der Waals surface area contributed by atoms with Crippen LogP contribution in [0.4, 0.5) is 0 Å². The summed E-state index contributed by atoms with van der Waals surface area (Å²) in [7, 11) is 0. The number of aromatic nitrogens is 1. The minimum absolute atomic E-state index is 0.00188. The quantitative estimate of drug-likeness (QED) is 0.514. The summed E-state index contributed by atoms with van der Waals surface area (Å²) in [5, 5.41) is 1.37. The molecule has 3 nitrogen and oxygen atoms in total. The van der Waals surface area contributed by atoms with Crippen LogP contribution in [0.5, 0.6) is 0 Å². The van der Waals surface area contributed by atoms with Gasteiger partial charge in [0.15, 0.2) is 4.80 Å². The summed E-state index contributed by atoms with van der Waals surface area (Å²) in [6, 6.07) is 15.2. The van der Waals surface area contributed by atoms with Crippen LogP contribution in [0.15, 0.2) is 69.6 Å². The topological polar surface area (TPSA) is 34.4 Å². The fourth-order valence-corrected chi connectivity index (χ4v) is 5.71. The zero-order valence-electron chi connectivity index (χ0n) is 16.4. The van der Waals surface area contributed by atoms with Crippen molar-refractivity contribution in [2.45, 2.75) is 32.2 Å². The van der Waals surface area contributed by atoms with Gasteiger partial charge in [-0.05, 0) is 72.2 Å². The fraction of sp³-hybridized carbons (Fsp3) is 0.250. The molecule has 1 aliphatic heterocycles. The van der Waals surface area contributed by atoms with Gasteiger partial charge >= 0.3 is 0 Å². The number of halogens is 2. The van der Waals surface area contributed by atoms with Gasteiger partial charge < -0.3 is 0 Å². The second kappa shape index (κ2) is 7.84. The summed E-state index contributed by atoms with van der Waals surface area (Å²) >= 11 is 13.6. The first-order chi connectivity index (χ1) is 14.5. The van der Waals surface area contributed by atoms with Crippen LogP contribution >= 0.6 is 34.5 Å². The van der Waals surface area contributed by atoms with Crippen molar-refractivity contribution in [2.75, 3.05) is 0 Å². The second-order valence-electron chi connectivity index (χ2n) is 7.88. The molecule has 30 heavy (non-hydrogen) atoms. The van der Waals surface area contributed by atoms with Crippen LogP contribution in [0, 0.1) is 5.92 Å². The average Bonchev–Trinajstić information content (AvgIpc) is 3.04. The maximum atomic E-state index is 13.5. The Morgan fingerprint density at radius 2 is 1.73 bits per heavy atom. The highest BCUT2D eigenvalue weighted by Gasteiger charge is 2.33. The third kappa shape index (κ3) is 3.47. The lowest BCUT2D eigenvalue weighted by Gasteiger charge is -2.33. The van der Waals surface area contributed by atoms with Crippen molar-refractivity contribution in [2.24, 2.45) is 10.9 Å². The molecule has 0 spiro atoms. The first-order valence-corrected chi connectivity index (χ1v) is 11.6. The van der Waals surface area contributed by atoms with Crippen molar-refractivity contribution < 1.29 is 0 Å². The van der Waals surface area contributed by atoms with Gasteiger partial charge in [0.1, 0.15) is 0 Å². The summed E-state index contributed by atoms with van der Waals surface area (Å²) in [4.78, 5) is 19.2. The summed E-state index contributed by atoms with van der Waals surface area (Å²) in [6.07, 6.45) is 5.14. The van der Waals surface area contributed by atoms with E-state index in [1.54, 1.807) is 0 Å². The molecule has 1 aromatic heterocycles. The molecule has 0 bridgehead atoms. The predicted octanol–water partition coefficient (Wildman–Crippen LogP) is 5.34. The van der Waals surface area contributed by atoms with Crippen molar-refractivity contribution in [1.29, 1.82) is 0 Å². The van der Waals surface area contributed by atoms with Gasteiger partial charge in [-0.25, -0.2) is 4.99 Å². The molecular formula is C24H20Cl2N2OS. The molecule has 0 fully saturated rings. The van der Waals surface area contributed by atoms with Crippen molar-refractivity contribution in [3.05, 3.63) is 101 Å². The number of nitrogens with zero attached hydrogens (tertiary/aromatic N) is 2. The Kier molecular flexibility index (Phi) is 5.18. The predicted molar refractivity (Wildman–Crippen MR) is 124 cm³/mol. The third-order valence-corrected chi connectivity index (χ3v) is 7.38. The van der Waals surface area contributed by atoms with Crippen LogP contribution in [-0.4, -0.2) is 4.57 Å². The maximum Gasteiger partial charge on any atom is 0.271 e. The molecule has 2 aliphatic rings. The largest absolute Gasteiger partial charge is 0.272 e. The molecule has 0 N–H and O–H groups in total.